The summed E-state index contributed by atoms with van der Waals surface area (Å²) in [6.45, 7) is 1.67. The van der Waals surface area contributed by atoms with Crippen LogP contribution in [0.15, 0.2) is 11.0 Å². The van der Waals surface area contributed by atoms with Crippen LogP contribution in [0.3, 0.4) is 0 Å². The molecule has 1 aromatic rings. The predicted molar refractivity (Wildman–Crippen MR) is 58.3 cm³/mol. The third-order valence-electron chi connectivity index (χ3n) is 3.07. The first-order valence-electron chi connectivity index (χ1n) is 5.27. The quantitative estimate of drug-likeness (QED) is 0.707. The van der Waals surface area contributed by atoms with Gasteiger partial charge in [0, 0.05) is 11.8 Å². The van der Waals surface area contributed by atoms with Crippen LogP contribution in [0, 0.1) is 6.92 Å². The zero-order valence-electron chi connectivity index (χ0n) is 9.04. The molecule has 17 heavy (non-hydrogen) atoms. The van der Waals surface area contributed by atoms with Crippen LogP contribution < -0.4 is 10.3 Å². The van der Waals surface area contributed by atoms with E-state index in [2.05, 4.69) is 4.98 Å². The van der Waals surface area contributed by atoms with E-state index in [1.807, 2.05) is 0 Å². The Morgan fingerprint density at radius 3 is 3.12 bits per heavy atom. The summed E-state index contributed by atoms with van der Waals surface area (Å²) in [7, 11) is 0. The fourth-order valence-corrected chi connectivity index (χ4v) is 2.40. The van der Waals surface area contributed by atoms with E-state index < -0.39 is 24.5 Å². The average molecular weight is 259 g/mol. The molecule has 1 aromatic heterocycles. The Morgan fingerprint density at radius 1 is 1.65 bits per heavy atom. The Bertz CT molecular complexity index is 518. The van der Waals surface area contributed by atoms with Crippen molar-refractivity contribution in [2.45, 2.75) is 31.5 Å². The summed E-state index contributed by atoms with van der Waals surface area (Å²) in [5, 5.41) is 9.92. The van der Waals surface area contributed by atoms with Gasteiger partial charge in [-0.2, -0.15) is 4.98 Å². The van der Waals surface area contributed by atoms with Crippen molar-refractivity contribution in [2.24, 2.45) is 0 Å². The van der Waals surface area contributed by atoms with Gasteiger partial charge >= 0.3 is 6.01 Å². The van der Waals surface area contributed by atoms with Crippen molar-refractivity contribution in [3.63, 3.8) is 0 Å². The molecule has 3 rings (SSSR count). The van der Waals surface area contributed by atoms with E-state index in [4.69, 9.17) is 21.1 Å². The normalized spacial score (nSPS) is 34.3. The first kappa shape index (κ1) is 11.0. The standard InChI is InChI=1S/C10H11ClN2O4/c1-4-3-13-9-7(6(14)5(2-11)16-9)17-10(13)12-8(4)15/h3,5-7,9,14H,2H2,1H3. The zero-order valence-corrected chi connectivity index (χ0v) is 9.79. The minimum atomic E-state index is -0.811. The Hall–Kier alpha value is -1.11. The van der Waals surface area contributed by atoms with Crippen molar-refractivity contribution < 1.29 is 14.6 Å². The highest BCUT2D eigenvalue weighted by atomic mass is 35.5. The number of aromatic nitrogens is 2. The van der Waals surface area contributed by atoms with Gasteiger partial charge in [0.1, 0.15) is 12.2 Å². The summed E-state index contributed by atoms with van der Waals surface area (Å²) in [5.41, 5.74) is 0.171. The molecule has 1 N–H and O–H groups in total. The minimum Gasteiger partial charge on any atom is -0.453 e. The third kappa shape index (κ3) is 1.48. The van der Waals surface area contributed by atoms with E-state index in [1.54, 1.807) is 17.7 Å². The fraction of sp³-hybridized carbons (Fsp3) is 0.600. The third-order valence-corrected chi connectivity index (χ3v) is 3.37. The van der Waals surface area contributed by atoms with E-state index >= 15 is 0 Å². The number of nitrogens with zero attached hydrogens (tertiary/aromatic N) is 2. The van der Waals surface area contributed by atoms with Crippen LogP contribution in [0.2, 0.25) is 0 Å². The first-order chi connectivity index (χ1) is 8.11. The van der Waals surface area contributed by atoms with Crippen LogP contribution in [-0.4, -0.2) is 38.8 Å². The molecule has 1 fully saturated rings. The van der Waals surface area contributed by atoms with Crippen molar-refractivity contribution in [3.05, 3.63) is 22.1 Å². The van der Waals surface area contributed by atoms with Crippen LogP contribution in [0.5, 0.6) is 6.01 Å². The highest BCUT2D eigenvalue weighted by Crippen LogP contribution is 2.39. The van der Waals surface area contributed by atoms with Gasteiger partial charge in [-0.15, -0.1) is 11.6 Å². The second kappa shape index (κ2) is 3.69. The summed E-state index contributed by atoms with van der Waals surface area (Å²) in [5.74, 6) is 0.194. The number of alkyl halides is 1. The van der Waals surface area contributed by atoms with Gasteiger partial charge in [-0.25, -0.2) is 0 Å². The molecular formula is C10H11ClN2O4. The van der Waals surface area contributed by atoms with Crippen LogP contribution in [0.1, 0.15) is 11.8 Å². The van der Waals surface area contributed by atoms with E-state index in [-0.39, 0.29) is 17.4 Å². The summed E-state index contributed by atoms with van der Waals surface area (Å²) in [6.07, 6.45) is -0.657. The number of aliphatic hydroxyl groups excluding tert-OH is 1. The lowest BCUT2D eigenvalue weighted by Crippen LogP contribution is -2.34. The smallest absolute Gasteiger partial charge is 0.302 e. The van der Waals surface area contributed by atoms with Crippen LogP contribution in [0.25, 0.3) is 0 Å². The number of aryl methyl sites for hydroxylation is 1. The monoisotopic (exact) mass is 258 g/mol. The van der Waals surface area contributed by atoms with Crippen LogP contribution >= 0.6 is 11.6 Å². The summed E-state index contributed by atoms with van der Waals surface area (Å²) in [6, 6.07) is 0.183. The van der Waals surface area contributed by atoms with E-state index in [0.29, 0.717) is 5.56 Å². The second-order valence-electron chi connectivity index (χ2n) is 4.21. The Balaban J connectivity index is 2.02. The fourth-order valence-electron chi connectivity index (χ4n) is 2.14. The second-order valence-corrected chi connectivity index (χ2v) is 4.52. The van der Waals surface area contributed by atoms with Gasteiger partial charge in [-0.3, -0.25) is 9.36 Å². The lowest BCUT2D eigenvalue weighted by atomic mass is 10.1. The summed E-state index contributed by atoms with van der Waals surface area (Å²) in [4.78, 5) is 15.2. The van der Waals surface area contributed by atoms with Gasteiger partial charge < -0.3 is 14.6 Å². The lowest BCUT2D eigenvalue weighted by molar-refractivity contribution is -0.00472. The highest BCUT2D eigenvalue weighted by Gasteiger charge is 2.50. The Labute approximate surface area is 102 Å². The molecule has 6 nitrogen and oxygen atoms in total. The molecule has 2 aliphatic heterocycles. The molecule has 0 saturated carbocycles. The van der Waals surface area contributed by atoms with Gasteiger partial charge in [0.05, 0.1) is 5.88 Å². The van der Waals surface area contributed by atoms with E-state index in [9.17, 15) is 9.90 Å². The largest absolute Gasteiger partial charge is 0.453 e. The highest BCUT2D eigenvalue weighted by molar-refractivity contribution is 6.18. The molecule has 92 valence electrons. The number of hydrogen-bond donors (Lipinski definition) is 1. The molecule has 0 spiro atoms. The van der Waals surface area contributed by atoms with E-state index in [1.165, 1.54) is 0 Å². The van der Waals surface area contributed by atoms with E-state index in [0.717, 1.165) is 0 Å². The molecule has 2 aliphatic rings. The molecule has 0 aliphatic carbocycles. The van der Waals surface area contributed by atoms with Crippen molar-refractivity contribution >= 4 is 11.6 Å². The number of fused-ring (bicyclic) bond motifs is 3. The summed E-state index contributed by atoms with van der Waals surface area (Å²) >= 11 is 5.68. The topological polar surface area (TPSA) is 73.6 Å². The maximum Gasteiger partial charge on any atom is 0.302 e. The number of ether oxygens (including phenoxy) is 2. The lowest BCUT2D eigenvalue weighted by Gasteiger charge is -2.14. The molecule has 0 aromatic carbocycles. The maximum atomic E-state index is 11.4. The molecule has 3 heterocycles. The maximum absolute atomic E-state index is 11.4. The minimum absolute atomic E-state index is 0.183. The average Bonchev–Trinajstić information content (AvgIpc) is 2.78. The number of halogens is 1. The zero-order chi connectivity index (χ0) is 12.2. The molecule has 0 bridgehead atoms. The van der Waals surface area contributed by atoms with Crippen molar-refractivity contribution in [1.82, 2.24) is 9.55 Å². The molecule has 0 amide bonds. The molecule has 0 radical (unpaired) electrons. The number of hydrogen-bond acceptors (Lipinski definition) is 5. The first-order valence-corrected chi connectivity index (χ1v) is 5.81. The Morgan fingerprint density at radius 2 is 2.41 bits per heavy atom. The van der Waals surface area contributed by atoms with Gasteiger partial charge in [0.15, 0.2) is 12.3 Å². The van der Waals surface area contributed by atoms with Crippen molar-refractivity contribution in [3.8, 4) is 6.01 Å². The van der Waals surface area contributed by atoms with Gasteiger partial charge in [0.25, 0.3) is 5.56 Å². The predicted octanol–water partition coefficient (Wildman–Crippen LogP) is -0.190. The molecule has 1 saturated heterocycles. The van der Waals surface area contributed by atoms with Crippen molar-refractivity contribution in [1.29, 1.82) is 0 Å². The molecular weight excluding hydrogens is 248 g/mol. The molecule has 4 atom stereocenters. The number of aliphatic hydroxyl groups is 1. The summed E-state index contributed by atoms with van der Waals surface area (Å²) < 4.78 is 12.6. The van der Waals surface area contributed by atoms with Gasteiger partial charge in [-0.1, -0.05) is 0 Å². The van der Waals surface area contributed by atoms with Crippen molar-refractivity contribution in [2.75, 3.05) is 5.88 Å². The Kier molecular flexibility index (Phi) is 2.39. The van der Waals surface area contributed by atoms with Gasteiger partial charge in [0.2, 0.25) is 0 Å². The van der Waals surface area contributed by atoms with Crippen LogP contribution in [0.4, 0.5) is 0 Å². The number of rotatable bonds is 1. The molecule has 7 heteroatoms. The van der Waals surface area contributed by atoms with Crippen LogP contribution in [-0.2, 0) is 4.74 Å². The van der Waals surface area contributed by atoms with Gasteiger partial charge in [-0.05, 0) is 6.92 Å². The molecule has 4 unspecified atom stereocenters. The SMILES string of the molecule is Cc1cn2c(nc1=O)OC1C(O)C(CCl)OC12.